The van der Waals surface area contributed by atoms with E-state index in [0.29, 0.717) is 27.4 Å². The maximum Gasteiger partial charge on any atom is 0.195 e. The van der Waals surface area contributed by atoms with Crippen molar-refractivity contribution < 1.29 is 9.59 Å². The molecule has 0 bridgehead atoms. The molecular weight excluding hydrogens is 346 g/mol. The second-order valence-corrected chi connectivity index (χ2v) is 6.03. The average Bonchev–Trinajstić information content (AvgIpc) is 2.69. The van der Waals surface area contributed by atoms with Gasteiger partial charge in [-0.25, -0.2) is 0 Å². The molecule has 0 heterocycles. The minimum atomic E-state index is -0.129. The number of halogens is 1. The van der Waals surface area contributed by atoms with Gasteiger partial charge in [0.15, 0.2) is 11.6 Å². The molecule has 3 nitrogen and oxygen atoms in total. The van der Waals surface area contributed by atoms with E-state index in [4.69, 9.17) is 11.6 Å². The summed E-state index contributed by atoms with van der Waals surface area (Å²) >= 11 is 6.06. The molecule has 0 fully saturated rings. The summed E-state index contributed by atoms with van der Waals surface area (Å²) in [6.07, 6.45) is 2.94. The Hall–Kier alpha value is -3.17. The number of allylic oxidation sites excluding steroid dienone is 1. The molecule has 3 aromatic rings. The number of carbonyl (C=O) groups excluding carboxylic acids is 2. The molecule has 3 rings (SSSR count). The number of carbonyl (C=O) groups is 2. The van der Waals surface area contributed by atoms with Crippen LogP contribution in [0.25, 0.3) is 0 Å². The highest BCUT2D eigenvalue weighted by atomic mass is 35.5. The van der Waals surface area contributed by atoms with Gasteiger partial charge < -0.3 is 5.32 Å². The summed E-state index contributed by atoms with van der Waals surface area (Å²) in [6, 6.07) is 23.0. The second-order valence-electron chi connectivity index (χ2n) is 5.59. The molecule has 128 valence electrons. The van der Waals surface area contributed by atoms with Crippen LogP contribution in [0.1, 0.15) is 26.3 Å². The summed E-state index contributed by atoms with van der Waals surface area (Å²) in [5, 5.41) is 3.50. The Morgan fingerprint density at radius 3 is 2.08 bits per heavy atom. The van der Waals surface area contributed by atoms with Gasteiger partial charge in [-0.15, -0.1) is 0 Å². The van der Waals surface area contributed by atoms with Crippen molar-refractivity contribution in [1.82, 2.24) is 0 Å². The summed E-state index contributed by atoms with van der Waals surface area (Å²) in [7, 11) is 0. The lowest BCUT2D eigenvalue weighted by molar-refractivity contribution is 0.103. The van der Waals surface area contributed by atoms with Crippen molar-refractivity contribution in [2.24, 2.45) is 0 Å². The predicted molar refractivity (Wildman–Crippen MR) is 105 cm³/mol. The molecule has 3 aromatic carbocycles. The van der Waals surface area contributed by atoms with E-state index in [-0.39, 0.29) is 11.6 Å². The van der Waals surface area contributed by atoms with Gasteiger partial charge >= 0.3 is 0 Å². The average molecular weight is 362 g/mol. The summed E-state index contributed by atoms with van der Waals surface area (Å²) in [4.78, 5) is 24.8. The van der Waals surface area contributed by atoms with Gasteiger partial charge in [-0.05, 0) is 18.2 Å². The molecule has 0 amide bonds. The van der Waals surface area contributed by atoms with Crippen LogP contribution in [0, 0.1) is 0 Å². The van der Waals surface area contributed by atoms with Gasteiger partial charge in [0, 0.05) is 34.0 Å². The highest BCUT2D eigenvalue weighted by Crippen LogP contribution is 2.24. The fourth-order valence-electron chi connectivity index (χ4n) is 2.48. The molecule has 0 aliphatic carbocycles. The van der Waals surface area contributed by atoms with Crippen LogP contribution < -0.4 is 5.32 Å². The van der Waals surface area contributed by atoms with Crippen molar-refractivity contribution in [3.63, 3.8) is 0 Å². The predicted octanol–water partition coefficient (Wildman–Crippen LogP) is 5.38. The lowest BCUT2D eigenvalue weighted by Crippen LogP contribution is -2.05. The number of nitrogens with one attached hydrogen (secondary N) is 1. The lowest BCUT2D eigenvalue weighted by atomic mass is 10.0. The Balaban J connectivity index is 1.81. The smallest absolute Gasteiger partial charge is 0.195 e. The van der Waals surface area contributed by atoms with E-state index >= 15 is 0 Å². The fourth-order valence-corrected chi connectivity index (χ4v) is 2.66. The van der Waals surface area contributed by atoms with Crippen LogP contribution in [0.4, 0.5) is 5.69 Å². The van der Waals surface area contributed by atoms with Gasteiger partial charge in [-0.3, -0.25) is 9.59 Å². The topological polar surface area (TPSA) is 46.2 Å². The van der Waals surface area contributed by atoms with Gasteiger partial charge in [-0.1, -0.05) is 72.3 Å². The summed E-state index contributed by atoms with van der Waals surface area (Å²) in [5.74, 6) is -0.247. The Morgan fingerprint density at radius 1 is 0.808 bits per heavy atom. The first-order valence-corrected chi connectivity index (χ1v) is 8.45. The number of ketones is 2. The van der Waals surface area contributed by atoms with Gasteiger partial charge in [0.05, 0.1) is 5.69 Å². The van der Waals surface area contributed by atoms with E-state index in [2.05, 4.69) is 5.32 Å². The van der Waals surface area contributed by atoms with E-state index in [1.165, 1.54) is 12.3 Å². The number of benzene rings is 3. The third-order valence-corrected chi connectivity index (χ3v) is 4.03. The van der Waals surface area contributed by atoms with Crippen LogP contribution in [-0.2, 0) is 0 Å². The van der Waals surface area contributed by atoms with Crippen LogP contribution in [0.5, 0.6) is 0 Å². The van der Waals surface area contributed by atoms with E-state index in [9.17, 15) is 9.59 Å². The summed E-state index contributed by atoms with van der Waals surface area (Å²) < 4.78 is 0. The largest absolute Gasteiger partial charge is 0.361 e. The molecule has 0 saturated heterocycles. The monoisotopic (exact) mass is 361 g/mol. The van der Waals surface area contributed by atoms with Crippen LogP contribution in [0.15, 0.2) is 91.1 Å². The van der Waals surface area contributed by atoms with Gasteiger partial charge in [0.1, 0.15) is 0 Å². The zero-order chi connectivity index (χ0) is 18.4. The van der Waals surface area contributed by atoms with Gasteiger partial charge in [0.2, 0.25) is 0 Å². The van der Waals surface area contributed by atoms with Gasteiger partial charge in [-0.2, -0.15) is 0 Å². The molecule has 4 heteroatoms. The molecule has 0 unspecified atom stereocenters. The first kappa shape index (κ1) is 17.6. The van der Waals surface area contributed by atoms with Crippen LogP contribution in [0.3, 0.4) is 0 Å². The van der Waals surface area contributed by atoms with E-state index < -0.39 is 0 Å². The molecule has 26 heavy (non-hydrogen) atoms. The summed E-state index contributed by atoms with van der Waals surface area (Å²) in [6.45, 7) is 0. The zero-order valence-electron chi connectivity index (χ0n) is 13.9. The van der Waals surface area contributed by atoms with Crippen molar-refractivity contribution >= 4 is 28.9 Å². The fraction of sp³-hybridized carbons (Fsp3) is 0. The lowest BCUT2D eigenvalue weighted by Gasteiger charge is -2.09. The maximum atomic E-state index is 12.7. The van der Waals surface area contributed by atoms with Gasteiger partial charge in [0.25, 0.3) is 0 Å². The van der Waals surface area contributed by atoms with Crippen molar-refractivity contribution in [1.29, 1.82) is 0 Å². The molecule has 0 atom stereocenters. The maximum absolute atomic E-state index is 12.7. The second kappa shape index (κ2) is 8.28. The molecule has 0 aliphatic heterocycles. The Bertz CT molecular complexity index is 950. The van der Waals surface area contributed by atoms with Crippen molar-refractivity contribution in [3.05, 3.63) is 113 Å². The molecular formula is C22H16ClNO2. The van der Waals surface area contributed by atoms with Crippen molar-refractivity contribution in [2.45, 2.75) is 0 Å². The van der Waals surface area contributed by atoms with Crippen LogP contribution in [-0.4, -0.2) is 11.6 Å². The van der Waals surface area contributed by atoms with E-state index in [1.54, 1.807) is 42.5 Å². The Labute approximate surface area is 156 Å². The molecule has 0 radical (unpaired) electrons. The quantitative estimate of drug-likeness (QED) is 0.473. The number of rotatable bonds is 6. The van der Waals surface area contributed by atoms with E-state index in [1.807, 2.05) is 36.4 Å². The molecule has 0 aliphatic rings. The highest BCUT2D eigenvalue weighted by Gasteiger charge is 2.13. The first-order chi connectivity index (χ1) is 12.6. The van der Waals surface area contributed by atoms with Crippen LogP contribution >= 0.6 is 11.6 Å². The third-order valence-electron chi connectivity index (χ3n) is 3.79. The number of anilines is 1. The minimum absolute atomic E-state index is 0.118. The van der Waals surface area contributed by atoms with Crippen LogP contribution in [0.2, 0.25) is 5.02 Å². The zero-order valence-corrected chi connectivity index (χ0v) is 14.6. The SMILES string of the molecule is O=C(C=CNc1cc(Cl)ccc1C(=O)c1ccccc1)c1ccccc1. The van der Waals surface area contributed by atoms with Crippen molar-refractivity contribution in [2.75, 3.05) is 5.32 Å². The summed E-state index contributed by atoms with van der Waals surface area (Å²) in [5.41, 5.74) is 2.21. The van der Waals surface area contributed by atoms with Crippen molar-refractivity contribution in [3.8, 4) is 0 Å². The first-order valence-electron chi connectivity index (χ1n) is 8.07. The molecule has 0 saturated carbocycles. The molecule has 0 spiro atoms. The highest BCUT2D eigenvalue weighted by molar-refractivity contribution is 6.31. The minimum Gasteiger partial charge on any atom is -0.361 e. The number of hydrogen-bond acceptors (Lipinski definition) is 3. The standard InChI is InChI=1S/C22H16ClNO2/c23-18-11-12-19(22(26)17-9-5-2-6-10-17)20(15-18)24-14-13-21(25)16-7-3-1-4-8-16/h1-15,24H. The molecule has 1 N–H and O–H groups in total. The Kier molecular flexibility index (Phi) is 5.62. The molecule has 0 aromatic heterocycles. The Morgan fingerprint density at radius 2 is 1.42 bits per heavy atom. The number of hydrogen-bond donors (Lipinski definition) is 1. The van der Waals surface area contributed by atoms with E-state index in [0.717, 1.165) is 0 Å². The third kappa shape index (κ3) is 4.26. The normalized spacial score (nSPS) is 10.7.